The number of carbonyl (C=O) groups is 1. The molecule has 0 unspecified atom stereocenters. The normalized spacial score (nSPS) is 11.6. The Kier molecular flexibility index (Phi) is 4.88. The Morgan fingerprint density at radius 3 is 2.70 bits per heavy atom. The molecule has 2 N–H and O–H groups in total. The number of H-pyrrole nitrogens is 1. The number of carbonyl (C=O) groups excluding carboxylic acids is 1. The van der Waals surface area contributed by atoms with Crippen LogP contribution < -0.4 is 5.32 Å². The molecule has 1 aromatic carbocycles. The van der Waals surface area contributed by atoms with Crippen molar-refractivity contribution >= 4 is 33.7 Å². The molecule has 0 bridgehead atoms. The highest BCUT2D eigenvalue weighted by Gasteiger charge is 2.18. The fraction of sp³-hybridized carbons (Fsp3) is 0.167. The Morgan fingerprint density at radius 1 is 1.12 bits per heavy atom. The predicted molar refractivity (Wildman–Crippen MR) is 122 cm³/mol. The van der Waals surface area contributed by atoms with Crippen molar-refractivity contribution in [2.24, 2.45) is 0 Å². The molecule has 0 aliphatic rings. The number of pyridine rings is 2. The predicted octanol–water partition coefficient (Wildman–Crippen LogP) is 5.39. The molecule has 5 rings (SSSR count). The first-order valence-electron chi connectivity index (χ1n) is 10.4. The first kappa shape index (κ1) is 20.7. The highest BCUT2D eigenvalue weighted by Crippen LogP contribution is 2.33. The van der Waals surface area contributed by atoms with Gasteiger partial charge in [-0.2, -0.15) is 0 Å². The lowest BCUT2D eigenvalue weighted by atomic mass is 10.0. The smallest absolute Gasteiger partial charge is 0.257 e. The van der Waals surface area contributed by atoms with Gasteiger partial charge in [-0.3, -0.25) is 9.78 Å². The van der Waals surface area contributed by atoms with E-state index in [9.17, 15) is 13.6 Å². The fourth-order valence-corrected chi connectivity index (χ4v) is 4.13. The van der Waals surface area contributed by atoms with Gasteiger partial charge < -0.3 is 14.9 Å². The van der Waals surface area contributed by atoms with Crippen LogP contribution in [0.25, 0.3) is 33.2 Å². The third kappa shape index (κ3) is 3.61. The van der Waals surface area contributed by atoms with Crippen LogP contribution in [-0.4, -0.2) is 30.4 Å². The number of nitrogens with zero attached hydrogens (tertiary/aromatic N) is 4. The zero-order chi connectivity index (χ0) is 23.3. The van der Waals surface area contributed by atoms with E-state index in [-0.39, 0.29) is 17.3 Å². The topological polar surface area (TPSA) is 88.5 Å². The molecule has 0 radical (unpaired) electrons. The van der Waals surface area contributed by atoms with Crippen LogP contribution in [-0.2, 0) is 0 Å². The number of aromatic nitrogens is 5. The van der Waals surface area contributed by atoms with Crippen LogP contribution >= 0.6 is 0 Å². The van der Waals surface area contributed by atoms with Crippen LogP contribution in [0.3, 0.4) is 0 Å². The Bertz CT molecular complexity index is 1540. The van der Waals surface area contributed by atoms with Crippen molar-refractivity contribution in [3.05, 3.63) is 72.1 Å². The number of aromatic amines is 1. The molecule has 0 atom stereocenters. The molecule has 0 aliphatic carbocycles. The molecule has 166 valence electrons. The monoisotopic (exact) mass is 446 g/mol. The van der Waals surface area contributed by atoms with Gasteiger partial charge in [-0.25, -0.2) is 18.7 Å². The quantitative estimate of drug-likeness (QED) is 0.387. The first-order chi connectivity index (χ1) is 15.8. The number of hydrogen-bond donors (Lipinski definition) is 2. The third-order valence-electron chi connectivity index (χ3n) is 5.51. The number of nitrogens with one attached hydrogen (secondary N) is 2. The lowest BCUT2D eigenvalue weighted by molar-refractivity contribution is 0.102. The molecule has 0 aliphatic heterocycles. The van der Waals surface area contributed by atoms with Gasteiger partial charge in [0.25, 0.3) is 5.91 Å². The van der Waals surface area contributed by atoms with E-state index in [0.29, 0.717) is 33.2 Å². The summed E-state index contributed by atoms with van der Waals surface area (Å²) in [5.74, 6) is -0.691. The lowest BCUT2D eigenvalue weighted by Gasteiger charge is -2.11. The van der Waals surface area contributed by atoms with E-state index in [1.807, 2.05) is 31.4 Å². The van der Waals surface area contributed by atoms with Crippen molar-refractivity contribution in [1.29, 1.82) is 0 Å². The minimum atomic E-state index is -0.553. The summed E-state index contributed by atoms with van der Waals surface area (Å²) < 4.78 is 30.3. The van der Waals surface area contributed by atoms with E-state index in [4.69, 9.17) is 0 Å². The molecule has 7 nitrogen and oxygen atoms in total. The van der Waals surface area contributed by atoms with Crippen LogP contribution in [0.2, 0.25) is 0 Å². The van der Waals surface area contributed by atoms with Gasteiger partial charge in [-0.15, -0.1) is 0 Å². The summed E-state index contributed by atoms with van der Waals surface area (Å²) in [6.45, 7) is 5.90. The lowest BCUT2D eigenvalue weighted by Crippen LogP contribution is -2.12. The van der Waals surface area contributed by atoms with Crippen LogP contribution in [0.1, 0.15) is 36.1 Å². The minimum absolute atomic E-state index is 0.113. The summed E-state index contributed by atoms with van der Waals surface area (Å²) in [5, 5.41) is 3.27. The maximum absolute atomic E-state index is 15.0. The molecule has 0 saturated carbocycles. The number of benzene rings is 1. The van der Waals surface area contributed by atoms with E-state index in [2.05, 4.69) is 25.3 Å². The number of imidazole rings is 1. The summed E-state index contributed by atoms with van der Waals surface area (Å²) in [5.41, 5.74) is 3.44. The second kappa shape index (κ2) is 7.77. The number of aryl methyl sites for hydroxylation is 1. The van der Waals surface area contributed by atoms with Crippen molar-refractivity contribution in [3.8, 4) is 11.1 Å². The molecule has 0 saturated heterocycles. The van der Waals surface area contributed by atoms with Gasteiger partial charge in [-0.1, -0.05) is 0 Å². The van der Waals surface area contributed by atoms with Crippen molar-refractivity contribution in [2.75, 3.05) is 5.32 Å². The van der Waals surface area contributed by atoms with Crippen molar-refractivity contribution < 1.29 is 13.6 Å². The van der Waals surface area contributed by atoms with Gasteiger partial charge in [-0.05, 0) is 44.5 Å². The molecule has 5 aromatic rings. The summed E-state index contributed by atoms with van der Waals surface area (Å²) in [6.07, 6.45) is 5.57. The highest BCUT2D eigenvalue weighted by atomic mass is 19.1. The maximum Gasteiger partial charge on any atom is 0.257 e. The fourth-order valence-electron chi connectivity index (χ4n) is 4.13. The van der Waals surface area contributed by atoms with Crippen LogP contribution in [0, 0.1) is 18.6 Å². The zero-order valence-electron chi connectivity index (χ0n) is 18.1. The average Bonchev–Trinajstić information content (AvgIpc) is 3.33. The van der Waals surface area contributed by atoms with Crippen LogP contribution in [0.4, 0.5) is 14.5 Å². The van der Waals surface area contributed by atoms with Crippen LogP contribution in [0.15, 0.2) is 49.1 Å². The number of amides is 1. The number of fused-ring (bicyclic) bond motifs is 2. The molecule has 9 heteroatoms. The second-order valence-corrected chi connectivity index (χ2v) is 8.12. The number of hydrogen-bond acceptors (Lipinski definition) is 4. The maximum atomic E-state index is 15.0. The molecule has 1 amide bonds. The Labute approximate surface area is 187 Å². The van der Waals surface area contributed by atoms with E-state index >= 15 is 0 Å². The molecular formula is C24H20F2N6O. The molecule has 0 fully saturated rings. The van der Waals surface area contributed by atoms with E-state index in [1.54, 1.807) is 12.3 Å². The van der Waals surface area contributed by atoms with Gasteiger partial charge in [0, 0.05) is 35.5 Å². The first-order valence-corrected chi connectivity index (χ1v) is 10.4. The SMILES string of the molecule is Cc1nc2c(F)cc(-c3c[nH]c4ncc(C(=O)Nc5cncc(F)c5)cc34)cc2n1C(C)C. The van der Waals surface area contributed by atoms with E-state index < -0.39 is 17.5 Å². The summed E-state index contributed by atoms with van der Waals surface area (Å²) in [6, 6.07) is 6.29. The summed E-state index contributed by atoms with van der Waals surface area (Å²) >= 11 is 0. The number of anilines is 1. The van der Waals surface area contributed by atoms with Crippen molar-refractivity contribution in [2.45, 2.75) is 26.8 Å². The van der Waals surface area contributed by atoms with Gasteiger partial charge in [0.1, 0.15) is 22.8 Å². The van der Waals surface area contributed by atoms with Gasteiger partial charge >= 0.3 is 0 Å². The summed E-state index contributed by atoms with van der Waals surface area (Å²) in [7, 11) is 0. The highest BCUT2D eigenvalue weighted by molar-refractivity contribution is 6.07. The average molecular weight is 446 g/mol. The minimum Gasteiger partial charge on any atom is -0.346 e. The van der Waals surface area contributed by atoms with E-state index in [0.717, 1.165) is 12.0 Å². The summed E-state index contributed by atoms with van der Waals surface area (Å²) in [4.78, 5) is 28.2. The second-order valence-electron chi connectivity index (χ2n) is 8.12. The molecule has 4 heterocycles. The van der Waals surface area contributed by atoms with Gasteiger partial charge in [0.05, 0.1) is 29.2 Å². The molecule has 0 spiro atoms. The van der Waals surface area contributed by atoms with Crippen molar-refractivity contribution in [1.82, 2.24) is 24.5 Å². The Morgan fingerprint density at radius 2 is 1.94 bits per heavy atom. The zero-order valence-corrected chi connectivity index (χ0v) is 18.1. The number of rotatable bonds is 4. The number of halogens is 2. The van der Waals surface area contributed by atoms with E-state index in [1.165, 1.54) is 24.5 Å². The molecular weight excluding hydrogens is 426 g/mol. The Hall–Kier alpha value is -4.14. The van der Waals surface area contributed by atoms with Crippen molar-refractivity contribution in [3.63, 3.8) is 0 Å². The standard InChI is InChI=1S/C24H20F2N6O/c1-12(2)32-13(3)30-22-20(26)5-14(6-21(22)32)19-11-29-23-18(19)4-15(8-28-23)24(33)31-17-7-16(25)9-27-10-17/h4-12H,1-3H3,(H,28,29)(H,31,33). The molecule has 4 aromatic heterocycles. The largest absolute Gasteiger partial charge is 0.346 e. The van der Waals surface area contributed by atoms with Crippen LogP contribution in [0.5, 0.6) is 0 Å². The molecule has 33 heavy (non-hydrogen) atoms. The third-order valence-corrected chi connectivity index (χ3v) is 5.51. The Balaban J connectivity index is 1.59. The van der Waals surface area contributed by atoms with Gasteiger partial charge in [0.2, 0.25) is 0 Å². The van der Waals surface area contributed by atoms with Gasteiger partial charge in [0.15, 0.2) is 5.82 Å².